The van der Waals surface area contributed by atoms with Gasteiger partial charge in [-0.1, -0.05) is 6.07 Å². The number of hydrogen-bond acceptors (Lipinski definition) is 6. The van der Waals surface area contributed by atoms with Crippen molar-refractivity contribution in [1.82, 2.24) is 24.7 Å². The van der Waals surface area contributed by atoms with E-state index in [-0.39, 0.29) is 16.9 Å². The third-order valence-electron chi connectivity index (χ3n) is 4.81. The summed E-state index contributed by atoms with van der Waals surface area (Å²) in [5.41, 5.74) is 3.59. The lowest BCUT2D eigenvalue weighted by Crippen LogP contribution is -2.15. The Morgan fingerprint density at radius 1 is 1.10 bits per heavy atom. The van der Waals surface area contributed by atoms with Crippen LogP contribution < -0.4 is 10.1 Å². The van der Waals surface area contributed by atoms with Crippen molar-refractivity contribution in [3.8, 4) is 28.1 Å². The summed E-state index contributed by atoms with van der Waals surface area (Å²) >= 11 is 0. The molecule has 1 aromatic carbocycles. The molecule has 4 aromatic rings. The van der Waals surface area contributed by atoms with E-state index >= 15 is 0 Å². The molecule has 1 N–H and O–H groups in total. The minimum absolute atomic E-state index is 0.136. The van der Waals surface area contributed by atoms with E-state index < -0.39 is 11.7 Å². The second kappa shape index (κ2) is 8.31. The smallest absolute Gasteiger partial charge is 0.258 e. The maximum absolute atomic E-state index is 13.7. The Morgan fingerprint density at radius 3 is 2.61 bits per heavy atom. The first-order valence-electron chi connectivity index (χ1n) is 9.37. The number of amides is 1. The molecule has 0 aliphatic carbocycles. The number of hydrogen-bond donors (Lipinski definition) is 1. The number of anilines is 1. The van der Waals surface area contributed by atoms with Gasteiger partial charge in [-0.3, -0.25) is 19.4 Å². The van der Waals surface area contributed by atoms with E-state index in [1.54, 1.807) is 18.0 Å². The highest BCUT2D eigenvalue weighted by Crippen LogP contribution is 2.33. The van der Waals surface area contributed by atoms with Gasteiger partial charge in [0.25, 0.3) is 5.91 Å². The minimum atomic E-state index is -0.547. The maximum Gasteiger partial charge on any atom is 0.258 e. The molecular formula is C22H19FN6O2. The van der Waals surface area contributed by atoms with Gasteiger partial charge in [-0.25, -0.2) is 9.37 Å². The quantitative estimate of drug-likeness (QED) is 0.532. The van der Waals surface area contributed by atoms with Gasteiger partial charge in [0.05, 0.1) is 43.2 Å². The molecule has 0 aliphatic heterocycles. The number of benzene rings is 1. The van der Waals surface area contributed by atoms with Gasteiger partial charge >= 0.3 is 0 Å². The molecule has 31 heavy (non-hydrogen) atoms. The van der Waals surface area contributed by atoms with Crippen molar-refractivity contribution in [1.29, 1.82) is 0 Å². The van der Waals surface area contributed by atoms with Crippen molar-refractivity contribution in [2.24, 2.45) is 7.05 Å². The molecule has 3 heterocycles. The number of halogens is 1. The average Bonchev–Trinajstić information content (AvgIpc) is 3.22. The third kappa shape index (κ3) is 4.11. The lowest BCUT2D eigenvalue weighted by molar-refractivity contribution is 0.102. The first kappa shape index (κ1) is 20.1. The van der Waals surface area contributed by atoms with Crippen LogP contribution in [0.4, 0.5) is 10.2 Å². The number of carbonyl (C=O) groups is 1. The van der Waals surface area contributed by atoms with Gasteiger partial charge < -0.3 is 10.1 Å². The number of aromatic nitrogens is 5. The molecule has 0 saturated carbocycles. The lowest BCUT2D eigenvalue weighted by atomic mass is 10.0. The summed E-state index contributed by atoms with van der Waals surface area (Å²) in [6.07, 6.45) is 9.04. The standard InChI is InChI=1S/C22H19FN6O2/c1-13-17(8-24-9-18(13)23)22(30)28-21-11-25-19(10-26-21)16-6-14(4-5-20(16)31-3)15-7-27-29(2)12-15/h4-12H,1-3H3,(H,26,28,30). The summed E-state index contributed by atoms with van der Waals surface area (Å²) in [7, 11) is 3.44. The zero-order valence-electron chi connectivity index (χ0n) is 17.1. The Balaban J connectivity index is 1.60. The van der Waals surface area contributed by atoms with E-state index in [0.29, 0.717) is 11.4 Å². The fraction of sp³-hybridized carbons (Fsp3) is 0.136. The van der Waals surface area contributed by atoms with Crippen molar-refractivity contribution in [2.45, 2.75) is 6.92 Å². The Bertz CT molecular complexity index is 1250. The monoisotopic (exact) mass is 418 g/mol. The Labute approximate surface area is 177 Å². The van der Waals surface area contributed by atoms with Crippen molar-refractivity contribution in [3.63, 3.8) is 0 Å². The average molecular weight is 418 g/mol. The van der Waals surface area contributed by atoms with E-state index in [9.17, 15) is 9.18 Å². The molecule has 4 rings (SSSR count). The maximum atomic E-state index is 13.7. The van der Waals surface area contributed by atoms with Crippen LogP contribution in [0, 0.1) is 12.7 Å². The summed E-state index contributed by atoms with van der Waals surface area (Å²) in [5.74, 6) is -0.183. The van der Waals surface area contributed by atoms with E-state index in [1.165, 1.54) is 25.5 Å². The number of pyridine rings is 1. The number of nitrogens with one attached hydrogen (secondary N) is 1. The third-order valence-corrected chi connectivity index (χ3v) is 4.81. The largest absolute Gasteiger partial charge is 0.496 e. The van der Waals surface area contributed by atoms with Crippen molar-refractivity contribution >= 4 is 11.7 Å². The van der Waals surface area contributed by atoms with Crippen LogP contribution in [0.2, 0.25) is 0 Å². The van der Waals surface area contributed by atoms with Gasteiger partial charge in [0.2, 0.25) is 0 Å². The molecule has 0 atom stereocenters. The summed E-state index contributed by atoms with van der Waals surface area (Å²) in [6, 6.07) is 5.74. The Kier molecular flexibility index (Phi) is 5.40. The number of aryl methyl sites for hydroxylation is 1. The molecule has 0 fully saturated rings. The number of nitrogens with zero attached hydrogens (tertiary/aromatic N) is 5. The fourth-order valence-corrected chi connectivity index (χ4v) is 3.10. The van der Waals surface area contributed by atoms with Crippen LogP contribution >= 0.6 is 0 Å². The Hall–Kier alpha value is -4.14. The van der Waals surface area contributed by atoms with E-state index in [2.05, 4.69) is 25.4 Å². The second-order valence-corrected chi connectivity index (χ2v) is 6.85. The highest BCUT2D eigenvalue weighted by Gasteiger charge is 2.15. The molecule has 0 saturated heterocycles. The first-order chi connectivity index (χ1) is 15.0. The molecule has 0 spiro atoms. The number of ether oxygens (including phenoxy) is 1. The number of rotatable bonds is 5. The second-order valence-electron chi connectivity index (χ2n) is 6.85. The van der Waals surface area contributed by atoms with Crippen LogP contribution in [0.15, 0.2) is 55.4 Å². The van der Waals surface area contributed by atoms with Crippen LogP contribution in [0.3, 0.4) is 0 Å². The van der Waals surface area contributed by atoms with Gasteiger partial charge in [0.15, 0.2) is 5.82 Å². The zero-order chi connectivity index (χ0) is 22.0. The Morgan fingerprint density at radius 2 is 1.94 bits per heavy atom. The summed E-state index contributed by atoms with van der Waals surface area (Å²) < 4.78 is 20.9. The molecule has 8 nitrogen and oxygen atoms in total. The van der Waals surface area contributed by atoms with Gasteiger partial charge in [0, 0.05) is 36.1 Å². The predicted octanol–water partition coefficient (Wildman–Crippen LogP) is 3.65. The predicted molar refractivity (Wildman–Crippen MR) is 113 cm³/mol. The molecule has 0 unspecified atom stereocenters. The number of methoxy groups -OCH3 is 1. The molecule has 9 heteroatoms. The van der Waals surface area contributed by atoms with Crippen molar-refractivity contribution < 1.29 is 13.9 Å². The van der Waals surface area contributed by atoms with Gasteiger partial charge in [-0.15, -0.1) is 0 Å². The van der Waals surface area contributed by atoms with E-state index in [0.717, 1.165) is 22.9 Å². The zero-order valence-corrected chi connectivity index (χ0v) is 17.1. The summed E-state index contributed by atoms with van der Waals surface area (Å²) in [4.78, 5) is 24.8. The normalized spacial score (nSPS) is 10.7. The highest BCUT2D eigenvalue weighted by atomic mass is 19.1. The van der Waals surface area contributed by atoms with Gasteiger partial charge in [-0.05, 0) is 24.6 Å². The van der Waals surface area contributed by atoms with Crippen LogP contribution in [0.1, 0.15) is 15.9 Å². The SMILES string of the molecule is COc1ccc(-c2cnn(C)c2)cc1-c1cnc(NC(=O)c2cncc(F)c2C)cn1. The van der Waals surface area contributed by atoms with Crippen LogP contribution in [-0.4, -0.2) is 37.7 Å². The lowest BCUT2D eigenvalue weighted by Gasteiger charge is -2.11. The van der Waals surface area contributed by atoms with Crippen LogP contribution in [0.25, 0.3) is 22.4 Å². The topological polar surface area (TPSA) is 94.8 Å². The van der Waals surface area contributed by atoms with Crippen LogP contribution in [0.5, 0.6) is 5.75 Å². The number of carbonyl (C=O) groups excluding carboxylic acids is 1. The molecule has 156 valence electrons. The minimum Gasteiger partial charge on any atom is -0.496 e. The summed E-state index contributed by atoms with van der Waals surface area (Å²) in [6.45, 7) is 1.52. The summed E-state index contributed by atoms with van der Waals surface area (Å²) in [5, 5.41) is 6.82. The highest BCUT2D eigenvalue weighted by molar-refractivity contribution is 6.04. The molecule has 0 aliphatic rings. The van der Waals surface area contributed by atoms with Crippen LogP contribution in [-0.2, 0) is 7.05 Å². The molecule has 1 amide bonds. The molecule has 3 aromatic heterocycles. The molecule has 0 bridgehead atoms. The van der Waals surface area contributed by atoms with E-state index in [1.807, 2.05) is 31.4 Å². The molecular weight excluding hydrogens is 399 g/mol. The first-order valence-corrected chi connectivity index (χ1v) is 9.37. The van der Waals surface area contributed by atoms with Crippen molar-refractivity contribution in [2.75, 3.05) is 12.4 Å². The van der Waals surface area contributed by atoms with Crippen molar-refractivity contribution in [3.05, 3.63) is 72.3 Å². The van der Waals surface area contributed by atoms with E-state index in [4.69, 9.17) is 4.74 Å². The molecule has 0 radical (unpaired) electrons. The van der Waals surface area contributed by atoms with Gasteiger partial charge in [0.1, 0.15) is 11.6 Å². The fourth-order valence-electron chi connectivity index (χ4n) is 3.10. The van der Waals surface area contributed by atoms with Gasteiger partial charge in [-0.2, -0.15) is 5.10 Å².